The molecule has 242 valence electrons. The summed E-state index contributed by atoms with van der Waals surface area (Å²) in [6.07, 6.45) is 5.15. The molecular formula is C36H43N5O5. The number of benzene rings is 3. The summed E-state index contributed by atoms with van der Waals surface area (Å²) in [5.74, 6) is 0.0847. The third-order valence-corrected chi connectivity index (χ3v) is 8.28. The Labute approximate surface area is 270 Å². The van der Waals surface area contributed by atoms with E-state index in [0.717, 1.165) is 43.2 Å². The highest BCUT2D eigenvalue weighted by molar-refractivity contribution is 6.04. The normalized spacial score (nSPS) is 13.8. The SMILES string of the molecule is CC(C)N(Cc1ccc(NC(=O)c2ccc(CN(C(=O)c3ccc4c(c3)OCC(=O)N4)C3CC3)cc2)cc1)C(=O)CCCCCN. The predicted molar refractivity (Wildman–Crippen MR) is 178 cm³/mol. The van der Waals surface area contributed by atoms with Gasteiger partial charge in [0, 0.05) is 48.4 Å². The number of hydrogen-bond donors (Lipinski definition) is 3. The number of unbranched alkanes of at least 4 members (excludes halogenated alkanes) is 2. The van der Waals surface area contributed by atoms with E-state index >= 15 is 0 Å². The second-order valence-electron chi connectivity index (χ2n) is 12.3. The number of amides is 4. The molecule has 0 spiro atoms. The summed E-state index contributed by atoms with van der Waals surface area (Å²) in [6.45, 7) is 5.56. The van der Waals surface area contributed by atoms with Crippen molar-refractivity contribution in [1.29, 1.82) is 0 Å². The molecule has 4 amide bonds. The van der Waals surface area contributed by atoms with Gasteiger partial charge in [0.25, 0.3) is 17.7 Å². The van der Waals surface area contributed by atoms with Gasteiger partial charge in [-0.05, 0) is 99.7 Å². The summed E-state index contributed by atoms with van der Waals surface area (Å²) >= 11 is 0. The van der Waals surface area contributed by atoms with E-state index in [1.807, 2.05) is 60.0 Å². The maximum atomic E-state index is 13.5. The molecule has 0 radical (unpaired) electrons. The lowest BCUT2D eigenvalue weighted by Gasteiger charge is -2.27. The van der Waals surface area contributed by atoms with Gasteiger partial charge in [0.15, 0.2) is 6.61 Å². The van der Waals surface area contributed by atoms with E-state index in [2.05, 4.69) is 10.6 Å². The molecular weight excluding hydrogens is 582 g/mol. The van der Waals surface area contributed by atoms with E-state index in [1.54, 1.807) is 30.3 Å². The van der Waals surface area contributed by atoms with Crippen LogP contribution in [0.15, 0.2) is 66.7 Å². The van der Waals surface area contributed by atoms with E-state index in [1.165, 1.54) is 0 Å². The fourth-order valence-electron chi connectivity index (χ4n) is 5.48. The second-order valence-corrected chi connectivity index (χ2v) is 12.3. The average Bonchev–Trinajstić information content (AvgIpc) is 3.90. The minimum atomic E-state index is -0.230. The van der Waals surface area contributed by atoms with Gasteiger partial charge >= 0.3 is 0 Å². The van der Waals surface area contributed by atoms with Crippen molar-refractivity contribution in [2.75, 3.05) is 23.8 Å². The maximum Gasteiger partial charge on any atom is 0.262 e. The van der Waals surface area contributed by atoms with E-state index < -0.39 is 0 Å². The topological polar surface area (TPSA) is 134 Å². The molecule has 10 nitrogen and oxygen atoms in total. The molecule has 0 atom stereocenters. The van der Waals surface area contributed by atoms with Crippen LogP contribution in [0.25, 0.3) is 0 Å². The largest absolute Gasteiger partial charge is 0.482 e. The molecule has 4 N–H and O–H groups in total. The smallest absolute Gasteiger partial charge is 0.262 e. The monoisotopic (exact) mass is 625 g/mol. The van der Waals surface area contributed by atoms with Gasteiger partial charge in [0.1, 0.15) is 5.75 Å². The number of carbonyl (C=O) groups excluding carboxylic acids is 4. The number of rotatable bonds is 14. The Hall–Kier alpha value is -4.70. The summed E-state index contributed by atoms with van der Waals surface area (Å²) in [6, 6.07) is 20.2. The molecule has 10 heteroatoms. The number of anilines is 2. The van der Waals surface area contributed by atoms with E-state index in [4.69, 9.17) is 10.5 Å². The van der Waals surface area contributed by atoms with Gasteiger partial charge in [-0.15, -0.1) is 0 Å². The highest BCUT2D eigenvalue weighted by atomic mass is 16.5. The fourth-order valence-corrected chi connectivity index (χ4v) is 5.48. The molecule has 1 saturated carbocycles. The zero-order valence-electron chi connectivity index (χ0n) is 26.6. The highest BCUT2D eigenvalue weighted by Gasteiger charge is 2.33. The van der Waals surface area contributed by atoms with Crippen molar-refractivity contribution in [2.45, 2.75) is 77.5 Å². The van der Waals surface area contributed by atoms with E-state index in [-0.39, 0.29) is 42.3 Å². The van der Waals surface area contributed by atoms with Gasteiger partial charge in [-0.3, -0.25) is 19.2 Å². The molecule has 1 aliphatic carbocycles. The van der Waals surface area contributed by atoms with Crippen LogP contribution < -0.4 is 21.1 Å². The Kier molecular flexibility index (Phi) is 10.7. The van der Waals surface area contributed by atoms with Crippen LogP contribution in [0, 0.1) is 0 Å². The van der Waals surface area contributed by atoms with Crippen LogP contribution >= 0.6 is 0 Å². The summed E-state index contributed by atoms with van der Waals surface area (Å²) in [5, 5.41) is 5.70. The zero-order chi connectivity index (χ0) is 32.6. The lowest BCUT2D eigenvalue weighted by Crippen LogP contribution is -2.36. The summed E-state index contributed by atoms with van der Waals surface area (Å²) < 4.78 is 5.50. The van der Waals surface area contributed by atoms with Crippen molar-refractivity contribution in [3.8, 4) is 5.75 Å². The minimum Gasteiger partial charge on any atom is -0.482 e. The molecule has 1 fully saturated rings. The molecule has 3 aromatic rings. The number of nitrogens with one attached hydrogen (secondary N) is 2. The van der Waals surface area contributed by atoms with Crippen molar-refractivity contribution in [3.63, 3.8) is 0 Å². The van der Waals surface area contributed by atoms with Crippen LogP contribution in [-0.2, 0) is 22.7 Å². The molecule has 1 aliphatic heterocycles. The Morgan fingerprint density at radius 1 is 0.913 bits per heavy atom. The fraction of sp³-hybridized carbons (Fsp3) is 0.389. The number of carbonyl (C=O) groups is 4. The predicted octanol–water partition coefficient (Wildman–Crippen LogP) is 5.33. The zero-order valence-corrected chi connectivity index (χ0v) is 26.6. The standard InChI is InChI=1S/C36H43N5O5/c1-24(2)40(34(43)6-4-3-5-19-37)21-26-9-14-29(15-10-26)38-35(44)27-11-7-25(8-12-27)22-41(30-16-17-30)36(45)28-13-18-31-32(20-28)46-23-33(42)39-31/h7-15,18,20,24,30H,3-6,16-17,19,21-23,37H2,1-2H3,(H,38,44)(H,39,42). The Morgan fingerprint density at radius 2 is 1.59 bits per heavy atom. The first kappa shape index (κ1) is 32.7. The first-order valence-electron chi connectivity index (χ1n) is 16.1. The van der Waals surface area contributed by atoms with Crippen molar-refractivity contribution in [1.82, 2.24) is 9.80 Å². The molecule has 1 heterocycles. The average molecular weight is 626 g/mol. The molecule has 2 aliphatic rings. The van der Waals surface area contributed by atoms with Crippen molar-refractivity contribution >= 4 is 35.0 Å². The summed E-state index contributed by atoms with van der Waals surface area (Å²) in [5.41, 5.74) is 9.73. The number of nitrogens with zero attached hydrogens (tertiary/aromatic N) is 2. The van der Waals surface area contributed by atoms with Crippen LogP contribution in [0.4, 0.5) is 11.4 Å². The Morgan fingerprint density at radius 3 is 2.26 bits per heavy atom. The lowest BCUT2D eigenvalue weighted by molar-refractivity contribution is -0.133. The van der Waals surface area contributed by atoms with Gasteiger partial charge in [-0.1, -0.05) is 30.7 Å². The van der Waals surface area contributed by atoms with E-state index in [0.29, 0.717) is 54.3 Å². The Balaban J connectivity index is 1.16. The van der Waals surface area contributed by atoms with Crippen LogP contribution in [0.5, 0.6) is 5.75 Å². The minimum absolute atomic E-state index is 0.0715. The van der Waals surface area contributed by atoms with Crippen LogP contribution in [0.2, 0.25) is 0 Å². The first-order valence-corrected chi connectivity index (χ1v) is 16.1. The Bertz CT molecular complexity index is 1550. The van der Waals surface area contributed by atoms with Gasteiger partial charge in [0.2, 0.25) is 5.91 Å². The lowest BCUT2D eigenvalue weighted by atomic mass is 10.1. The second kappa shape index (κ2) is 15.1. The van der Waals surface area contributed by atoms with Gasteiger partial charge < -0.3 is 30.9 Å². The molecule has 5 rings (SSSR count). The number of ether oxygens (including phenoxy) is 1. The summed E-state index contributed by atoms with van der Waals surface area (Å²) in [4.78, 5) is 54.6. The quantitative estimate of drug-likeness (QED) is 0.207. The number of nitrogens with two attached hydrogens (primary N) is 1. The van der Waals surface area contributed by atoms with Gasteiger partial charge in [-0.2, -0.15) is 0 Å². The molecule has 46 heavy (non-hydrogen) atoms. The first-order chi connectivity index (χ1) is 22.2. The molecule has 0 saturated heterocycles. The molecule has 0 bridgehead atoms. The molecule has 3 aromatic carbocycles. The third kappa shape index (κ3) is 8.51. The molecule has 0 aromatic heterocycles. The van der Waals surface area contributed by atoms with Crippen molar-refractivity contribution in [3.05, 3.63) is 89.0 Å². The van der Waals surface area contributed by atoms with E-state index in [9.17, 15) is 19.2 Å². The van der Waals surface area contributed by atoms with Crippen LogP contribution in [0.3, 0.4) is 0 Å². The number of fused-ring (bicyclic) bond motifs is 1. The number of hydrogen-bond acceptors (Lipinski definition) is 6. The van der Waals surface area contributed by atoms with Crippen LogP contribution in [-0.4, -0.2) is 58.7 Å². The van der Waals surface area contributed by atoms with Crippen molar-refractivity contribution < 1.29 is 23.9 Å². The van der Waals surface area contributed by atoms with Gasteiger partial charge in [0.05, 0.1) is 5.69 Å². The van der Waals surface area contributed by atoms with Crippen molar-refractivity contribution in [2.24, 2.45) is 5.73 Å². The van der Waals surface area contributed by atoms with Crippen LogP contribution in [0.1, 0.15) is 84.2 Å². The third-order valence-electron chi connectivity index (χ3n) is 8.28. The molecule has 0 unspecified atom stereocenters. The summed E-state index contributed by atoms with van der Waals surface area (Å²) in [7, 11) is 0. The maximum absolute atomic E-state index is 13.5. The highest BCUT2D eigenvalue weighted by Crippen LogP contribution is 2.33. The van der Waals surface area contributed by atoms with Gasteiger partial charge in [-0.25, -0.2) is 0 Å².